The Morgan fingerprint density at radius 1 is 0.913 bits per heavy atom. The molecule has 0 saturated carbocycles. The third-order valence-corrected chi connectivity index (χ3v) is 4.07. The number of ether oxygens (including phenoxy) is 1. The number of benzene rings is 2. The molecule has 0 atom stereocenters. The van der Waals surface area contributed by atoms with Gasteiger partial charge in [-0.15, -0.1) is 0 Å². The highest BCUT2D eigenvalue weighted by Crippen LogP contribution is 2.24. The van der Waals surface area contributed by atoms with Gasteiger partial charge in [0.05, 0.1) is 0 Å². The zero-order valence-electron chi connectivity index (χ0n) is 15.3. The van der Waals surface area contributed by atoms with Crippen LogP contribution in [0.1, 0.15) is 43.0 Å². The minimum Gasteiger partial charge on any atom is -0.492 e. The summed E-state index contributed by atoms with van der Waals surface area (Å²) in [5.74, 6) is 0.928. The van der Waals surface area contributed by atoms with Gasteiger partial charge in [0.1, 0.15) is 12.4 Å². The van der Waals surface area contributed by atoms with Gasteiger partial charge in [-0.25, -0.2) is 0 Å². The van der Waals surface area contributed by atoms with Gasteiger partial charge in [0.25, 0.3) is 0 Å². The summed E-state index contributed by atoms with van der Waals surface area (Å²) in [6.45, 7) is 14.5. The Hall–Kier alpha value is -1.96. The van der Waals surface area contributed by atoms with Crippen LogP contribution in [0.25, 0.3) is 0 Å². The van der Waals surface area contributed by atoms with Crippen molar-refractivity contribution in [3.63, 3.8) is 0 Å². The van der Waals surface area contributed by atoms with Crippen LogP contribution >= 0.6 is 0 Å². The molecule has 2 nitrogen and oxygen atoms in total. The van der Waals surface area contributed by atoms with Crippen molar-refractivity contribution >= 4 is 5.69 Å². The first-order valence-corrected chi connectivity index (χ1v) is 8.32. The SMILES string of the molecule is Cc1cc(C)c(NCCOc2ccc(C(C)(C)C)cc2)c(C)c1. The summed E-state index contributed by atoms with van der Waals surface area (Å²) in [6.07, 6.45) is 0. The Morgan fingerprint density at radius 2 is 1.48 bits per heavy atom. The molecule has 1 N–H and O–H groups in total. The smallest absolute Gasteiger partial charge is 0.119 e. The standard InChI is InChI=1S/C21H29NO/c1-15-13-16(2)20(17(3)14-15)22-11-12-23-19-9-7-18(8-10-19)21(4,5)6/h7-10,13-14,22H,11-12H2,1-6H3. The van der Waals surface area contributed by atoms with Crippen LogP contribution in [0.4, 0.5) is 5.69 Å². The van der Waals surface area contributed by atoms with Crippen LogP contribution in [0, 0.1) is 20.8 Å². The predicted octanol–water partition coefficient (Wildman–Crippen LogP) is 5.40. The molecule has 0 fully saturated rings. The number of rotatable bonds is 5. The highest BCUT2D eigenvalue weighted by Gasteiger charge is 2.12. The van der Waals surface area contributed by atoms with E-state index in [1.807, 2.05) is 0 Å². The second-order valence-corrected chi connectivity index (χ2v) is 7.32. The van der Waals surface area contributed by atoms with E-state index in [0.29, 0.717) is 6.61 Å². The highest BCUT2D eigenvalue weighted by atomic mass is 16.5. The lowest BCUT2D eigenvalue weighted by molar-refractivity contribution is 0.332. The molecular weight excluding hydrogens is 282 g/mol. The lowest BCUT2D eigenvalue weighted by atomic mass is 9.87. The molecule has 0 heterocycles. The van der Waals surface area contributed by atoms with Crippen LogP contribution in [-0.2, 0) is 5.41 Å². The Labute approximate surface area is 140 Å². The van der Waals surface area contributed by atoms with Gasteiger partial charge in [0.2, 0.25) is 0 Å². The lowest BCUT2D eigenvalue weighted by Crippen LogP contribution is -2.13. The zero-order chi connectivity index (χ0) is 17.0. The maximum absolute atomic E-state index is 5.84. The topological polar surface area (TPSA) is 21.3 Å². The molecule has 0 bridgehead atoms. The molecule has 23 heavy (non-hydrogen) atoms. The van der Waals surface area contributed by atoms with E-state index in [1.54, 1.807) is 0 Å². The van der Waals surface area contributed by atoms with E-state index >= 15 is 0 Å². The molecule has 2 aromatic rings. The first-order valence-electron chi connectivity index (χ1n) is 8.32. The molecule has 2 heteroatoms. The fourth-order valence-electron chi connectivity index (χ4n) is 2.85. The van der Waals surface area contributed by atoms with Crippen LogP contribution in [0.5, 0.6) is 5.75 Å². The van der Waals surface area contributed by atoms with Crippen LogP contribution in [0.2, 0.25) is 0 Å². The minimum atomic E-state index is 0.181. The Balaban J connectivity index is 1.86. The summed E-state index contributed by atoms with van der Waals surface area (Å²) in [7, 11) is 0. The number of aryl methyl sites for hydroxylation is 3. The second kappa shape index (κ2) is 7.08. The van der Waals surface area contributed by atoms with Gasteiger partial charge in [-0.1, -0.05) is 50.6 Å². The Kier molecular flexibility index (Phi) is 5.35. The molecule has 0 spiro atoms. The third-order valence-electron chi connectivity index (χ3n) is 4.07. The van der Waals surface area contributed by atoms with Gasteiger partial charge in [0, 0.05) is 12.2 Å². The molecule has 0 aromatic heterocycles. The molecule has 0 saturated heterocycles. The van der Waals surface area contributed by atoms with Gasteiger partial charge in [0.15, 0.2) is 0 Å². The normalized spacial score (nSPS) is 11.4. The molecular formula is C21H29NO. The fraction of sp³-hybridized carbons (Fsp3) is 0.429. The van der Waals surface area contributed by atoms with E-state index in [-0.39, 0.29) is 5.41 Å². The number of hydrogen-bond acceptors (Lipinski definition) is 2. The van der Waals surface area contributed by atoms with Crippen LogP contribution < -0.4 is 10.1 Å². The molecule has 0 amide bonds. The monoisotopic (exact) mass is 311 g/mol. The van der Waals surface area contributed by atoms with Gasteiger partial charge in [-0.05, 0) is 55.0 Å². The van der Waals surface area contributed by atoms with Gasteiger partial charge in [-0.3, -0.25) is 0 Å². The van der Waals surface area contributed by atoms with E-state index in [0.717, 1.165) is 12.3 Å². The zero-order valence-corrected chi connectivity index (χ0v) is 15.3. The summed E-state index contributed by atoms with van der Waals surface area (Å²) in [5.41, 5.74) is 6.62. The summed E-state index contributed by atoms with van der Waals surface area (Å²) in [5, 5.41) is 3.49. The first kappa shape index (κ1) is 17.4. The number of hydrogen-bond donors (Lipinski definition) is 1. The fourth-order valence-corrected chi connectivity index (χ4v) is 2.85. The average Bonchev–Trinajstić information content (AvgIpc) is 2.45. The van der Waals surface area contributed by atoms with Crippen molar-refractivity contribution in [2.75, 3.05) is 18.5 Å². The third kappa shape index (κ3) is 4.75. The van der Waals surface area contributed by atoms with E-state index < -0.39 is 0 Å². The van der Waals surface area contributed by atoms with Crippen LogP contribution in [0.3, 0.4) is 0 Å². The maximum atomic E-state index is 5.84. The molecule has 2 aromatic carbocycles. The van der Waals surface area contributed by atoms with Crippen LogP contribution in [-0.4, -0.2) is 13.2 Å². The molecule has 2 rings (SSSR count). The summed E-state index contributed by atoms with van der Waals surface area (Å²) >= 11 is 0. The minimum absolute atomic E-state index is 0.181. The molecule has 0 aliphatic rings. The van der Waals surface area contributed by atoms with Crippen molar-refractivity contribution in [1.82, 2.24) is 0 Å². The Bertz CT molecular complexity index is 628. The first-order chi connectivity index (χ1) is 10.8. The predicted molar refractivity (Wildman–Crippen MR) is 99.8 cm³/mol. The lowest BCUT2D eigenvalue weighted by Gasteiger charge is -2.19. The van der Waals surface area contributed by atoms with Crippen molar-refractivity contribution < 1.29 is 4.74 Å². The number of anilines is 1. The van der Waals surface area contributed by atoms with Crippen LogP contribution in [0.15, 0.2) is 36.4 Å². The summed E-state index contributed by atoms with van der Waals surface area (Å²) in [6, 6.07) is 12.8. The van der Waals surface area contributed by atoms with Gasteiger partial charge in [-0.2, -0.15) is 0 Å². The van der Waals surface area contributed by atoms with E-state index in [9.17, 15) is 0 Å². The molecule has 0 aliphatic heterocycles. The molecule has 124 valence electrons. The van der Waals surface area contributed by atoms with Gasteiger partial charge < -0.3 is 10.1 Å². The van der Waals surface area contributed by atoms with E-state index in [4.69, 9.17) is 4.74 Å². The van der Waals surface area contributed by atoms with Gasteiger partial charge >= 0.3 is 0 Å². The highest BCUT2D eigenvalue weighted by molar-refractivity contribution is 5.58. The largest absolute Gasteiger partial charge is 0.492 e. The average molecular weight is 311 g/mol. The molecule has 0 unspecified atom stereocenters. The van der Waals surface area contributed by atoms with Crippen molar-refractivity contribution in [1.29, 1.82) is 0 Å². The summed E-state index contributed by atoms with van der Waals surface area (Å²) < 4.78 is 5.84. The van der Waals surface area contributed by atoms with Crippen molar-refractivity contribution in [2.24, 2.45) is 0 Å². The maximum Gasteiger partial charge on any atom is 0.119 e. The quantitative estimate of drug-likeness (QED) is 0.746. The molecule has 0 radical (unpaired) electrons. The van der Waals surface area contributed by atoms with Crippen molar-refractivity contribution in [3.8, 4) is 5.75 Å². The van der Waals surface area contributed by atoms with Crippen molar-refractivity contribution in [2.45, 2.75) is 47.0 Å². The van der Waals surface area contributed by atoms with Crippen molar-refractivity contribution in [3.05, 3.63) is 58.7 Å². The number of nitrogens with one attached hydrogen (secondary N) is 1. The Morgan fingerprint density at radius 3 is 2.00 bits per heavy atom. The summed E-state index contributed by atoms with van der Waals surface area (Å²) in [4.78, 5) is 0. The van der Waals surface area contributed by atoms with E-state index in [1.165, 1.54) is 27.9 Å². The second-order valence-electron chi connectivity index (χ2n) is 7.32. The molecule has 0 aliphatic carbocycles. The van der Waals surface area contributed by atoms with E-state index in [2.05, 4.69) is 83.3 Å².